The Labute approximate surface area is 194 Å². The van der Waals surface area contributed by atoms with Gasteiger partial charge in [-0.1, -0.05) is 35.0 Å². The minimum absolute atomic E-state index is 0. The summed E-state index contributed by atoms with van der Waals surface area (Å²) in [5.74, 6) is 1.75. The zero-order chi connectivity index (χ0) is 19.8. The molecule has 1 fully saturated rings. The summed E-state index contributed by atoms with van der Waals surface area (Å²) >= 11 is 6.03. The molecule has 29 heavy (non-hydrogen) atoms. The monoisotopic (exact) mass is 530 g/mol. The molecule has 158 valence electrons. The Kier molecular flexibility index (Phi) is 9.89. The van der Waals surface area contributed by atoms with Crippen LogP contribution < -0.4 is 10.6 Å². The van der Waals surface area contributed by atoms with Crippen LogP contribution in [0.4, 0.5) is 0 Å². The van der Waals surface area contributed by atoms with E-state index >= 15 is 0 Å². The lowest BCUT2D eigenvalue weighted by molar-refractivity contribution is 0.225. The van der Waals surface area contributed by atoms with Gasteiger partial charge in [0.05, 0.1) is 0 Å². The molecular weight excluding hydrogens is 503 g/mol. The maximum absolute atomic E-state index is 6.03. The average Bonchev–Trinajstić information content (AvgIpc) is 3.17. The van der Waals surface area contributed by atoms with E-state index in [0.717, 1.165) is 50.5 Å². The van der Waals surface area contributed by atoms with E-state index in [9.17, 15) is 0 Å². The predicted molar refractivity (Wildman–Crippen MR) is 128 cm³/mol. The summed E-state index contributed by atoms with van der Waals surface area (Å²) in [6.07, 6.45) is 4.12. The van der Waals surface area contributed by atoms with Crippen LogP contribution in [0, 0.1) is 0 Å². The number of benzene rings is 1. The van der Waals surface area contributed by atoms with Gasteiger partial charge in [-0.05, 0) is 31.9 Å². The van der Waals surface area contributed by atoms with Gasteiger partial charge in [-0.15, -0.1) is 30.6 Å². The van der Waals surface area contributed by atoms with Gasteiger partial charge in [0.15, 0.2) is 5.96 Å². The standard InChI is InChI=1S/C20H27ClN6O.HI/c1-3-10-27-11-8-17(9-12-27)24-20(22-4-2)23-14-18-25-19(26-28-18)15-6-5-7-16(21)13-15;/h3,5-7,13,17H,1,4,8-12,14H2,2H3,(H2,22,23,24);1H. The van der Waals surface area contributed by atoms with E-state index in [2.05, 4.69) is 37.2 Å². The third-order valence-electron chi connectivity index (χ3n) is 4.58. The Morgan fingerprint density at radius 2 is 2.21 bits per heavy atom. The van der Waals surface area contributed by atoms with Crippen molar-refractivity contribution in [3.8, 4) is 11.4 Å². The molecule has 0 spiro atoms. The first-order valence-corrected chi connectivity index (χ1v) is 10.0. The van der Waals surface area contributed by atoms with E-state index in [1.54, 1.807) is 0 Å². The Morgan fingerprint density at radius 3 is 2.90 bits per heavy atom. The van der Waals surface area contributed by atoms with E-state index < -0.39 is 0 Å². The second-order valence-corrected chi connectivity index (χ2v) is 7.16. The van der Waals surface area contributed by atoms with Gasteiger partial charge >= 0.3 is 0 Å². The molecule has 0 saturated carbocycles. The molecule has 1 aliphatic rings. The molecule has 3 rings (SSSR count). The number of aliphatic imine (C=N–C) groups is 1. The minimum Gasteiger partial charge on any atom is -0.357 e. The fourth-order valence-corrected chi connectivity index (χ4v) is 3.36. The largest absolute Gasteiger partial charge is 0.357 e. The second kappa shape index (κ2) is 12.1. The number of hydrogen-bond donors (Lipinski definition) is 2. The van der Waals surface area contributed by atoms with Crippen molar-refractivity contribution in [3.63, 3.8) is 0 Å². The lowest BCUT2D eigenvalue weighted by Crippen LogP contribution is -2.48. The number of halogens is 2. The first-order valence-electron chi connectivity index (χ1n) is 9.64. The minimum atomic E-state index is 0. The average molecular weight is 531 g/mol. The molecule has 1 saturated heterocycles. The second-order valence-electron chi connectivity index (χ2n) is 6.73. The summed E-state index contributed by atoms with van der Waals surface area (Å²) in [5.41, 5.74) is 0.822. The number of rotatable bonds is 7. The van der Waals surface area contributed by atoms with Gasteiger partial charge < -0.3 is 15.2 Å². The van der Waals surface area contributed by atoms with E-state index in [0.29, 0.717) is 29.3 Å². The van der Waals surface area contributed by atoms with Crippen molar-refractivity contribution in [2.75, 3.05) is 26.2 Å². The van der Waals surface area contributed by atoms with Crippen molar-refractivity contribution in [1.29, 1.82) is 0 Å². The third-order valence-corrected chi connectivity index (χ3v) is 4.82. The molecule has 1 aliphatic heterocycles. The van der Waals surface area contributed by atoms with Crippen LogP contribution in [-0.2, 0) is 6.54 Å². The summed E-state index contributed by atoms with van der Waals surface area (Å²) in [4.78, 5) is 11.4. The van der Waals surface area contributed by atoms with Gasteiger partial charge in [-0.25, -0.2) is 4.99 Å². The SMILES string of the molecule is C=CCN1CCC(NC(=NCc2nc(-c3cccc(Cl)c3)no2)NCC)CC1.I. The lowest BCUT2D eigenvalue weighted by Gasteiger charge is -2.32. The molecule has 0 atom stereocenters. The molecule has 1 aromatic carbocycles. The molecule has 0 aliphatic carbocycles. The van der Waals surface area contributed by atoms with Gasteiger partial charge in [-0.2, -0.15) is 4.98 Å². The molecular formula is C20H28ClIN6O. The number of aromatic nitrogens is 2. The van der Waals surface area contributed by atoms with Crippen LogP contribution in [0.5, 0.6) is 0 Å². The lowest BCUT2D eigenvalue weighted by atomic mass is 10.1. The maximum atomic E-state index is 6.03. The first-order chi connectivity index (χ1) is 13.7. The smallest absolute Gasteiger partial charge is 0.248 e. The van der Waals surface area contributed by atoms with Gasteiger partial charge in [0.1, 0.15) is 6.54 Å². The van der Waals surface area contributed by atoms with E-state index in [1.165, 1.54) is 0 Å². The molecule has 9 heteroatoms. The van der Waals surface area contributed by atoms with Crippen LogP contribution in [0.15, 0.2) is 46.4 Å². The number of piperidine rings is 1. The predicted octanol–water partition coefficient (Wildman–Crippen LogP) is 3.71. The zero-order valence-electron chi connectivity index (χ0n) is 16.6. The molecule has 2 heterocycles. The molecule has 0 radical (unpaired) electrons. The van der Waals surface area contributed by atoms with Crippen LogP contribution in [0.25, 0.3) is 11.4 Å². The number of guanidine groups is 1. The molecule has 0 amide bonds. The van der Waals surface area contributed by atoms with E-state index in [1.807, 2.05) is 37.3 Å². The highest BCUT2D eigenvalue weighted by atomic mass is 127. The van der Waals surface area contributed by atoms with E-state index in [-0.39, 0.29) is 24.0 Å². The highest BCUT2D eigenvalue weighted by molar-refractivity contribution is 14.0. The van der Waals surface area contributed by atoms with Crippen LogP contribution in [0.1, 0.15) is 25.7 Å². The molecule has 1 aromatic heterocycles. The molecule has 0 bridgehead atoms. The molecule has 7 nitrogen and oxygen atoms in total. The van der Waals surface area contributed by atoms with Crippen molar-refractivity contribution < 1.29 is 4.52 Å². The summed E-state index contributed by atoms with van der Waals surface area (Å²) in [5, 5.41) is 11.5. The van der Waals surface area contributed by atoms with Gasteiger partial charge in [0.2, 0.25) is 11.7 Å². The fraction of sp³-hybridized carbons (Fsp3) is 0.450. The van der Waals surface area contributed by atoms with Crippen LogP contribution >= 0.6 is 35.6 Å². The summed E-state index contributed by atoms with van der Waals surface area (Å²) in [7, 11) is 0. The Morgan fingerprint density at radius 1 is 1.41 bits per heavy atom. The fourth-order valence-electron chi connectivity index (χ4n) is 3.17. The van der Waals surface area contributed by atoms with Crippen LogP contribution in [0.2, 0.25) is 5.02 Å². The first kappa shape index (κ1) is 23.6. The Bertz CT molecular complexity index is 804. The topological polar surface area (TPSA) is 78.6 Å². The van der Waals surface area contributed by atoms with Gasteiger partial charge in [0, 0.05) is 42.8 Å². The van der Waals surface area contributed by atoms with Gasteiger partial charge in [0.25, 0.3) is 0 Å². The number of nitrogens with one attached hydrogen (secondary N) is 2. The quantitative estimate of drug-likeness (QED) is 0.246. The van der Waals surface area contributed by atoms with Crippen molar-refractivity contribution >= 4 is 41.5 Å². The number of nitrogens with zero attached hydrogens (tertiary/aromatic N) is 4. The van der Waals surface area contributed by atoms with Crippen molar-refractivity contribution in [3.05, 3.63) is 47.8 Å². The summed E-state index contributed by atoms with van der Waals surface area (Å²) in [6.45, 7) is 10.1. The zero-order valence-corrected chi connectivity index (χ0v) is 19.7. The van der Waals surface area contributed by atoms with E-state index in [4.69, 9.17) is 16.1 Å². The van der Waals surface area contributed by atoms with Crippen molar-refractivity contribution in [1.82, 2.24) is 25.7 Å². The summed E-state index contributed by atoms with van der Waals surface area (Å²) < 4.78 is 5.34. The molecule has 2 N–H and O–H groups in total. The Balaban J connectivity index is 0.00000300. The number of likely N-dealkylation sites (tertiary alicyclic amines) is 1. The maximum Gasteiger partial charge on any atom is 0.248 e. The Hall–Kier alpha value is -1.65. The van der Waals surface area contributed by atoms with Gasteiger partial charge in [-0.3, -0.25) is 4.90 Å². The van der Waals surface area contributed by atoms with Crippen LogP contribution in [-0.4, -0.2) is 53.2 Å². The third kappa shape index (κ3) is 7.27. The summed E-state index contributed by atoms with van der Waals surface area (Å²) in [6, 6.07) is 7.78. The number of hydrogen-bond acceptors (Lipinski definition) is 5. The highest BCUT2D eigenvalue weighted by Gasteiger charge is 2.19. The van der Waals surface area contributed by atoms with Crippen LogP contribution in [0.3, 0.4) is 0 Å². The highest BCUT2D eigenvalue weighted by Crippen LogP contribution is 2.20. The molecule has 2 aromatic rings. The normalized spacial score (nSPS) is 15.6. The van der Waals surface area contributed by atoms with Crippen molar-refractivity contribution in [2.24, 2.45) is 4.99 Å². The van der Waals surface area contributed by atoms with Crippen molar-refractivity contribution in [2.45, 2.75) is 32.4 Å². The molecule has 0 unspecified atom stereocenters.